The number of hydrogen-bond acceptors (Lipinski definition) is 3. The smallest absolute Gasteiger partial charge is 0.240 e. The number of aliphatic hydroxyl groups is 1. The first kappa shape index (κ1) is 16.5. The van der Waals surface area contributed by atoms with Gasteiger partial charge in [-0.1, -0.05) is 35.9 Å². The predicted molar refractivity (Wildman–Crippen MR) is 85.5 cm³/mol. The molecule has 0 atom stereocenters. The van der Waals surface area contributed by atoms with Gasteiger partial charge in [0.15, 0.2) is 0 Å². The lowest BCUT2D eigenvalue weighted by Gasteiger charge is -2.08. The summed E-state index contributed by atoms with van der Waals surface area (Å²) in [6, 6.07) is 11.5. The lowest BCUT2D eigenvalue weighted by molar-refractivity contribution is 0.281. The van der Waals surface area contributed by atoms with E-state index in [2.05, 4.69) is 20.7 Å². The van der Waals surface area contributed by atoms with E-state index >= 15 is 0 Å². The minimum absolute atomic E-state index is 0.0786. The molecule has 0 radical (unpaired) electrons. The van der Waals surface area contributed by atoms with E-state index in [1.54, 1.807) is 24.3 Å². The molecule has 0 aliphatic heterocycles. The van der Waals surface area contributed by atoms with E-state index in [4.69, 9.17) is 16.7 Å². The SMILES string of the molecule is O=S(=O)(NCc1cccc(CO)c1)c1ccc(Cl)c(Br)c1. The van der Waals surface area contributed by atoms with E-state index in [9.17, 15) is 8.42 Å². The summed E-state index contributed by atoms with van der Waals surface area (Å²) in [7, 11) is -3.62. The van der Waals surface area contributed by atoms with Crippen molar-refractivity contribution >= 4 is 37.6 Å². The fourth-order valence-corrected chi connectivity index (χ4v) is 3.44. The minimum atomic E-state index is -3.62. The second-order valence-electron chi connectivity index (χ2n) is 4.38. The van der Waals surface area contributed by atoms with Gasteiger partial charge < -0.3 is 5.11 Å². The molecule has 2 rings (SSSR count). The van der Waals surface area contributed by atoms with Crippen LogP contribution in [-0.4, -0.2) is 13.5 Å². The molecule has 0 bridgehead atoms. The van der Waals surface area contributed by atoms with Gasteiger partial charge in [0.05, 0.1) is 16.5 Å². The van der Waals surface area contributed by atoms with Gasteiger partial charge in [-0.2, -0.15) is 0 Å². The molecular formula is C14H13BrClNO3S. The fourth-order valence-electron chi connectivity index (χ4n) is 1.74. The van der Waals surface area contributed by atoms with Gasteiger partial charge in [-0.05, 0) is 45.3 Å². The molecule has 0 saturated carbocycles. The van der Waals surface area contributed by atoms with Gasteiger partial charge in [0.1, 0.15) is 0 Å². The Kier molecular flexibility index (Phi) is 5.40. The van der Waals surface area contributed by atoms with Crippen LogP contribution < -0.4 is 4.72 Å². The first-order valence-electron chi connectivity index (χ1n) is 6.06. The molecule has 0 heterocycles. The van der Waals surface area contributed by atoms with Crippen molar-refractivity contribution < 1.29 is 13.5 Å². The van der Waals surface area contributed by atoms with E-state index in [0.717, 1.165) is 11.1 Å². The molecule has 0 amide bonds. The first-order chi connectivity index (χ1) is 9.92. The Labute approximate surface area is 136 Å². The lowest BCUT2D eigenvalue weighted by Crippen LogP contribution is -2.23. The first-order valence-corrected chi connectivity index (χ1v) is 8.71. The molecule has 2 N–H and O–H groups in total. The molecule has 7 heteroatoms. The van der Waals surface area contributed by atoms with Crippen molar-refractivity contribution in [2.75, 3.05) is 0 Å². The molecule has 0 aromatic heterocycles. The van der Waals surface area contributed by atoms with Crippen molar-refractivity contribution in [2.45, 2.75) is 18.0 Å². The Morgan fingerprint density at radius 3 is 2.52 bits per heavy atom. The lowest BCUT2D eigenvalue weighted by atomic mass is 10.1. The average molecular weight is 391 g/mol. The van der Waals surface area contributed by atoms with Gasteiger partial charge in [-0.25, -0.2) is 13.1 Å². The zero-order valence-corrected chi connectivity index (χ0v) is 14.0. The summed E-state index contributed by atoms with van der Waals surface area (Å²) in [5, 5.41) is 9.52. The maximum absolute atomic E-state index is 12.2. The highest BCUT2D eigenvalue weighted by molar-refractivity contribution is 9.10. The third-order valence-corrected chi connectivity index (χ3v) is 5.45. The van der Waals surface area contributed by atoms with Gasteiger partial charge in [0.25, 0.3) is 0 Å². The van der Waals surface area contributed by atoms with Crippen molar-refractivity contribution in [3.63, 3.8) is 0 Å². The van der Waals surface area contributed by atoms with E-state index in [-0.39, 0.29) is 18.0 Å². The van der Waals surface area contributed by atoms with Gasteiger partial charge in [0.2, 0.25) is 10.0 Å². The molecule has 2 aromatic carbocycles. The van der Waals surface area contributed by atoms with Crippen LogP contribution >= 0.6 is 27.5 Å². The Balaban J connectivity index is 2.15. The number of sulfonamides is 1. The van der Waals surface area contributed by atoms with Crippen molar-refractivity contribution in [3.05, 3.63) is 63.1 Å². The Morgan fingerprint density at radius 2 is 1.86 bits per heavy atom. The van der Waals surface area contributed by atoms with Crippen LogP contribution in [0.1, 0.15) is 11.1 Å². The molecule has 0 aliphatic rings. The van der Waals surface area contributed by atoms with Crippen molar-refractivity contribution in [3.8, 4) is 0 Å². The van der Waals surface area contributed by atoms with Crippen LogP contribution in [-0.2, 0) is 23.2 Å². The van der Waals surface area contributed by atoms with Crippen LogP contribution in [0.3, 0.4) is 0 Å². The normalized spacial score (nSPS) is 11.6. The zero-order chi connectivity index (χ0) is 15.5. The maximum atomic E-state index is 12.2. The number of rotatable bonds is 5. The second-order valence-corrected chi connectivity index (χ2v) is 7.41. The predicted octanol–water partition coefficient (Wildman–Crippen LogP) is 3.07. The van der Waals surface area contributed by atoms with Gasteiger partial charge in [-0.3, -0.25) is 0 Å². The Bertz CT molecular complexity index is 750. The largest absolute Gasteiger partial charge is 0.392 e. The molecule has 2 aromatic rings. The van der Waals surface area contributed by atoms with Crippen LogP contribution in [0.4, 0.5) is 0 Å². The molecule has 0 saturated heterocycles. The van der Waals surface area contributed by atoms with Crippen LogP contribution in [0, 0.1) is 0 Å². The highest BCUT2D eigenvalue weighted by atomic mass is 79.9. The van der Waals surface area contributed by atoms with Crippen molar-refractivity contribution in [1.29, 1.82) is 0 Å². The quantitative estimate of drug-likeness (QED) is 0.824. The Hall–Kier alpha value is -0.920. The summed E-state index contributed by atoms with van der Waals surface area (Å²) in [5.41, 5.74) is 1.51. The topological polar surface area (TPSA) is 66.4 Å². The van der Waals surface area contributed by atoms with Gasteiger partial charge in [0, 0.05) is 11.0 Å². The van der Waals surface area contributed by atoms with Gasteiger partial charge >= 0.3 is 0 Å². The molecule has 0 aliphatic carbocycles. The van der Waals surface area contributed by atoms with Crippen molar-refractivity contribution in [1.82, 2.24) is 4.72 Å². The van der Waals surface area contributed by atoms with Gasteiger partial charge in [-0.15, -0.1) is 0 Å². The molecule has 0 spiro atoms. The summed E-state index contributed by atoms with van der Waals surface area (Å²) in [5.74, 6) is 0. The van der Waals surface area contributed by atoms with Crippen LogP contribution in [0.2, 0.25) is 5.02 Å². The highest BCUT2D eigenvalue weighted by Gasteiger charge is 2.15. The Morgan fingerprint density at radius 1 is 1.14 bits per heavy atom. The van der Waals surface area contributed by atoms with E-state index < -0.39 is 10.0 Å². The molecule has 0 unspecified atom stereocenters. The van der Waals surface area contributed by atoms with E-state index in [1.165, 1.54) is 18.2 Å². The monoisotopic (exact) mass is 389 g/mol. The van der Waals surface area contributed by atoms with Crippen molar-refractivity contribution in [2.24, 2.45) is 0 Å². The summed E-state index contributed by atoms with van der Waals surface area (Å²) in [4.78, 5) is 0.136. The van der Waals surface area contributed by atoms with E-state index in [1.807, 2.05) is 0 Å². The third-order valence-electron chi connectivity index (χ3n) is 2.84. The molecular weight excluding hydrogens is 378 g/mol. The number of hydrogen-bond donors (Lipinski definition) is 2. The van der Waals surface area contributed by atoms with Crippen LogP contribution in [0.25, 0.3) is 0 Å². The summed E-state index contributed by atoms with van der Waals surface area (Å²) in [6.07, 6.45) is 0. The number of benzene rings is 2. The number of nitrogens with one attached hydrogen (secondary N) is 1. The maximum Gasteiger partial charge on any atom is 0.240 e. The van der Waals surface area contributed by atoms with Crippen LogP contribution in [0.5, 0.6) is 0 Å². The van der Waals surface area contributed by atoms with Crippen LogP contribution in [0.15, 0.2) is 51.8 Å². The number of aliphatic hydroxyl groups excluding tert-OH is 1. The molecule has 4 nitrogen and oxygen atoms in total. The molecule has 21 heavy (non-hydrogen) atoms. The molecule has 112 valence electrons. The molecule has 0 fully saturated rings. The third kappa shape index (κ3) is 4.28. The summed E-state index contributed by atoms with van der Waals surface area (Å²) in [6.45, 7) is 0.0706. The summed E-state index contributed by atoms with van der Waals surface area (Å²) < 4.78 is 27.4. The number of halogens is 2. The minimum Gasteiger partial charge on any atom is -0.392 e. The zero-order valence-electron chi connectivity index (χ0n) is 10.9. The van der Waals surface area contributed by atoms with E-state index in [0.29, 0.717) is 9.50 Å². The second kappa shape index (κ2) is 6.89. The summed E-state index contributed by atoms with van der Waals surface area (Å²) >= 11 is 9.05. The highest BCUT2D eigenvalue weighted by Crippen LogP contribution is 2.25. The standard InChI is InChI=1S/C14H13BrClNO3S/c15-13-7-12(4-5-14(13)16)21(19,20)17-8-10-2-1-3-11(6-10)9-18/h1-7,17-18H,8-9H2. The average Bonchev–Trinajstić information content (AvgIpc) is 2.48. The fraction of sp³-hybridized carbons (Fsp3) is 0.143.